The third-order valence-electron chi connectivity index (χ3n) is 3.98. The summed E-state index contributed by atoms with van der Waals surface area (Å²) in [7, 11) is 0. The molecule has 1 amide bonds. The number of nitrogens with two attached hydrogens (primary N) is 1. The van der Waals surface area contributed by atoms with Crippen molar-refractivity contribution in [3.63, 3.8) is 0 Å². The Morgan fingerprint density at radius 2 is 2.05 bits per heavy atom. The van der Waals surface area contributed by atoms with Gasteiger partial charge in [-0.2, -0.15) is 0 Å². The molecule has 0 spiro atoms. The van der Waals surface area contributed by atoms with E-state index >= 15 is 0 Å². The van der Waals surface area contributed by atoms with E-state index in [1.54, 1.807) is 0 Å². The van der Waals surface area contributed by atoms with Crippen LogP contribution in [0.5, 0.6) is 0 Å². The predicted octanol–water partition coefficient (Wildman–Crippen LogP) is 2.75. The zero-order chi connectivity index (χ0) is 13.7. The minimum atomic E-state index is 0.114. The standard InChI is InChI=1S/C16H24N2O/c1-12-3-2-4-14(9-12)11-18-16(19)10-13-5-7-15(17)8-6-13/h5-8,12,14H,2-4,9-11,17H2,1H3,(H,18,19). The summed E-state index contributed by atoms with van der Waals surface area (Å²) in [6, 6.07) is 7.51. The summed E-state index contributed by atoms with van der Waals surface area (Å²) in [4.78, 5) is 11.9. The van der Waals surface area contributed by atoms with Crippen molar-refractivity contribution in [2.75, 3.05) is 12.3 Å². The van der Waals surface area contributed by atoms with Gasteiger partial charge in [-0.25, -0.2) is 0 Å². The second kappa shape index (κ2) is 6.60. The van der Waals surface area contributed by atoms with Gasteiger partial charge in [0.05, 0.1) is 6.42 Å². The number of benzene rings is 1. The van der Waals surface area contributed by atoms with Gasteiger partial charge in [0.15, 0.2) is 0 Å². The second-order valence-corrected chi connectivity index (χ2v) is 5.86. The van der Waals surface area contributed by atoms with Gasteiger partial charge in [-0.3, -0.25) is 4.79 Å². The van der Waals surface area contributed by atoms with E-state index in [0.717, 1.165) is 23.7 Å². The molecule has 0 heterocycles. The number of hydrogen-bond acceptors (Lipinski definition) is 2. The van der Waals surface area contributed by atoms with Gasteiger partial charge in [-0.05, 0) is 42.4 Å². The maximum atomic E-state index is 11.9. The van der Waals surface area contributed by atoms with E-state index in [9.17, 15) is 4.79 Å². The van der Waals surface area contributed by atoms with Crippen LogP contribution < -0.4 is 11.1 Å². The van der Waals surface area contributed by atoms with Crippen LogP contribution in [-0.2, 0) is 11.2 Å². The molecule has 1 aliphatic rings. The first-order valence-corrected chi connectivity index (χ1v) is 7.24. The van der Waals surface area contributed by atoms with E-state index in [1.807, 2.05) is 24.3 Å². The Morgan fingerprint density at radius 1 is 1.32 bits per heavy atom. The molecule has 0 bridgehead atoms. The summed E-state index contributed by atoms with van der Waals surface area (Å²) in [5.41, 5.74) is 7.38. The molecule has 1 saturated carbocycles. The molecule has 19 heavy (non-hydrogen) atoms. The van der Waals surface area contributed by atoms with Crippen LogP contribution in [0.1, 0.15) is 38.2 Å². The molecule has 2 unspecified atom stereocenters. The predicted molar refractivity (Wildman–Crippen MR) is 78.7 cm³/mol. The Hall–Kier alpha value is -1.51. The van der Waals surface area contributed by atoms with Crippen LogP contribution in [0.3, 0.4) is 0 Å². The van der Waals surface area contributed by atoms with E-state index in [2.05, 4.69) is 12.2 Å². The van der Waals surface area contributed by atoms with Crippen molar-refractivity contribution in [1.82, 2.24) is 5.32 Å². The Labute approximate surface area is 115 Å². The number of carbonyl (C=O) groups excluding carboxylic acids is 1. The van der Waals surface area contributed by atoms with Gasteiger partial charge >= 0.3 is 0 Å². The molecule has 104 valence electrons. The van der Waals surface area contributed by atoms with Crippen molar-refractivity contribution in [1.29, 1.82) is 0 Å². The average molecular weight is 260 g/mol. The van der Waals surface area contributed by atoms with Gasteiger partial charge in [0.25, 0.3) is 0 Å². The van der Waals surface area contributed by atoms with Crippen LogP contribution in [0.4, 0.5) is 5.69 Å². The largest absolute Gasteiger partial charge is 0.399 e. The van der Waals surface area contributed by atoms with Crippen LogP contribution in [0.15, 0.2) is 24.3 Å². The Kier molecular flexibility index (Phi) is 4.83. The van der Waals surface area contributed by atoms with Crippen LogP contribution in [-0.4, -0.2) is 12.5 Å². The molecule has 1 aromatic carbocycles. The molecular formula is C16H24N2O. The van der Waals surface area contributed by atoms with Crippen LogP contribution >= 0.6 is 0 Å². The quantitative estimate of drug-likeness (QED) is 0.818. The summed E-state index contributed by atoms with van der Waals surface area (Å²) in [5, 5.41) is 3.07. The second-order valence-electron chi connectivity index (χ2n) is 5.86. The molecule has 3 nitrogen and oxygen atoms in total. The number of amides is 1. The number of hydrogen-bond donors (Lipinski definition) is 2. The van der Waals surface area contributed by atoms with Crippen molar-refractivity contribution < 1.29 is 4.79 Å². The van der Waals surface area contributed by atoms with Gasteiger partial charge in [-0.15, -0.1) is 0 Å². The van der Waals surface area contributed by atoms with E-state index < -0.39 is 0 Å². The first kappa shape index (κ1) is 13.9. The van der Waals surface area contributed by atoms with E-state index in [4.69, 9.17) is 5.73 Å². The minimum Gasteiger partial charge on any atom is -0.399 e. The maximum Gasteiger partial charge on any atom is 0.224 e. The van der Waals surface area contributed by atoms with Gasteiger partial charge in [0, 0.05) is 12.2 Å². The molecule has 3 heteroatoms. The molecule has 1 fully saturated rings. The van der Waals surface area contributed by atoms with Crippen molar-refractivity contribution in [3.8, 4) is 0 Å². The van der Waals surface area contributed by atoms with Crippen LogP contribution in [0, 0.1) is 11.8 Å². The molecule has 0 aliphatic heterocycles. The Morgan fingerprint density at radius 3 is 2.74 bits per heavy atom. The highest BCUT2D eigenvalue weighted by Crippen LogP contribution is 2.27. The number of nitrogen functional groups attached to an aromatic ring is 1. The molecule has 2 rings (SSSR count). The molecule has 0 saturated heterocycles. The molecule has 1 aromatic rings. The average Bonchev–Trinajstić information content (AvgIpc) is 2.39. The van der Waals surface area contributed by atoms with Crippen molar-refractivity contribution >= 4 is 11.6 Å². The molecule has 0 aromatic heterocycles. The fraction of sp³-hybridized carbons (Fsp3) is 0.562. The number of nitrogens with one attached hydrogen (secondary N) is 1. The lowest BCUT2D eigenvalue weighted by atomic mass is 9.82. The van der Waals surface area contributed by atoms with Gasteiger partial charge in [-0.1, -0.05) is 31.9 Å². The zero-order valence-corrected chi connectivity index (χ0v) is 11.7. The fourth-order valence-electron chi connectivity index (χ4n) is 2.89. The fourth-order valence-corrected chi connectivity index (χ4v) is 2.89. The lowest BCUT2D eigenvalue weighted by molar-refractivity contribution is -0.120. The SMILES string of the molecule is CC1CCCC(CNC(=O)Cc2ccc(N)cc2)C1. The van der Waals surface area contributed by atoms with Gasteiger partial charge in [0.2, 0.25) is 5.91 Å². The Bertz CT molecular complexity index is 413. The first-order valence-electron chi connectivity index (χ1n) is 7.24. The molecule has 1 aliphatic carbocycles. The topological polar surface area (TPSA) is 55.1 Å². The third kappa shape index (κ3) is 4.58. The Balaban J connectivity index is 1.73. The molecule has 0 radical (unpaired) electrons. The van der Waals surface area contributed by atoms with E-state index in [1.165, 1.54) is 25.7 Å². The van der Waals surface area contributed by atoms with E-state index in [0.29, 0.717) is 12.3 Å². The smallest absolute Gasteiger partial charge is 0.224 e. The first-order chi connectivity index (χ1) is 9.13. The van der Waals surface area contributed by atoms with E-state index in [-0.39, 0.29) is 5.91 Å². The minimum absolute atomic E-state index is 0.114. The summed E-state index contributed by atoms with van der Waals surface area (Å²) in [6.07, 6.45) is 5.60. The summed E-state index contributed by atoms with van der Waals surface area (Å²) in [6.45, 7) is 3.14. The van der Waals surface area contributed by atoms with Crippen LogP contribution in [0.25, 0.3) is 0 Å². The normalized spacial score (nSPS) is 23.0. The number of rotatable bonds is 4. The monoisotopic (exact) mass is 260 g/mol. The highest BCUT2D eigenvalue weighted by molar-refractivity contribution is 5.78. The summed E-state index contributed by atoms with van der Waals surface area (Å²) >= 11 is 0. The highest BCUT2D eigenvalue weighted by Gasteiger charge is 2.19. The third-order valence-corrected chi connectivity index (χ3v) is 3.98. The molecular weight excluding hydrogens is 236 g/mol. The summed E-state index contributed by atoms with van der Waals surface area (Å²) in [5.74, 6) is 1.59. The molecule has 3 N–H and O–H groups in total. The number of carbonyl (C=O) groups is 1. The molecule has 2 atom stereocenters. The number of anilines is 1. The summed E-state index contributed by atoms with van der Waals surface area (Å²) < 4.78 is 0. The lowest BCUT2D eigenvalue weighted by Gasteiger charge is -2.26. The van der Waals surface area contributed by atoms with Crippen molar-refractivity contribution in [2.24, 2.45) is 11.8 Å². The lowest BCUT2D eigenvalue weighted by Crippen LogP contribution is -2.32. The highest BCUT2D eigenvalue weighted by atomic mass is 16.1. The van der Waals surface area contributed by atoms with Gasteiger partial charge in [0.1, 0.15) is 0 Å². The maximum absolute atomic E-state index is 11.9. The van der Waals surface area contributed by atoms with Gasteiger partial charge < -0.3 is 11.1 Å². The zero-order valence-electron chi connectivity index (χ0n) is 11.7. The van der Waals surface area contributed by atoms with Crippen LogP contribution in [0.2, 0.25) is 0 Å². The van der Waals surface area contributed by atoms with Crippen molar-refractivity contribution in [2.45, 2.75) is 39.0 Å². The van der Waals surface area contributed by atoms with Crippen molar-refractivity contribution in [3.05, 3.63) is 29.8 Å².